The highest BCUT2D eigenvalue weighted by molar-refractivity contribution is 9.10. The summed E-state index contributed by atoms with van der Waals surface area (Å²) in [5.74, 6) is 0. The average Bonchev–Trinajstić information content (AvgIpc) is 2.26. The molecule has 0 saturated heterocycles. The zero-order valence-electron chi connectivity index (χ0n) is 6.22. The minimum atomic E-state index is 0.596. The number of halogens is 1. The topological polar surface area (TPSA) is 4.36 Å². The molecule has 1 aromatic rings. The number of rotatable bonds is 2. The van der Waals surface area contributed by atoms with Crippen LogP contribution >= 0.6 is 27.3 Å². The minimum Gasteiger partial charge on any atom is -0.317 e. The Labute approximate surface area is 79.0 Å². The molecule has 0 aliphatic heterocycles. The van der Waals surface area contributed by atoms with Crippen molar-refractivity contribution >= 4 is 27.3 Å². The van der Waals surface area contributed by atoms with Crippen LogP contribution in [0.2, 0.25) is 0 Å². The molecule has 3 heteroatoms. The van der Waals surface area contributed by atoms with Gasteiger partial charge < -0.3 is 4.85 Å². The first-order valence-electron chi connectivity index (χ1n) is 3.32. The van der Waals surface area contributed by atoms with Gasteiger partial charge >= 0.3 is 0 Å². The van der Waals surface area contributed by atoms with Crippen molar-refractivity contribution in [1.29, 1.82) is 0 Å². The first kappa shape index (κ1) is 8.76. The van der Waals surface area contributed by atoms with E-state index in [1.807, 2.05) is 0 Å². The molecule has 0 saturated carbocycles. The van der Waals surface area contributed by atoms with Gasteiger partial charge in [0, 0.05) is 14.2 Å². The minimum absolute atomic E-state index is 0.596. The van der Waals surface area contributed by atoms with Crippen LogP contribution in [0.15, 0.2) is 10.5 Å². The predicted octanol–water partition coefficient (Wildman–Crippen LogP) is 3.28. The SMILES string of the molecule is [C-]#[N+]CCc1sc(C)cc1Br. The van der Waals surface area contributed by atoms with Crippen LogP contribution in [0.5, 0.6) is 0 Å². The first-order valence-corrected chi connectivity index (χ1v) is 4.93. The molecular weight excluding hydrogens is 222 g/mol. The highest BCUT2D eigenvalue weighted by Gasteiger charge is 2.04. The van der Waals surface area contributed by atoms with Crippen molar-refractivity contribution in [3.05, 3.63) is 31.7 Å². The van der Waals surface area contributed by atoms with E-state index in [-0.39, 0.29) is 0 Å². The van der Waals surface area contributed by atoms with E-state index in [2.05, 4.69) is 33.8 Å². The Morgan fingerprint density at radius 3 is 2.91 bits per heavy atom. The molecule has 1 rings (SSSR count). The molecule has 1 nitrogen and oxygen atoms in total. The summed E-state index contributed by atoms with van der Waals surface area (Å²) in [6.45, 7) is 9.32. The Balaban J connectivity index is 2.71. The van der Waals surface area contributed by atoms with Gasteiger partial charge in [-0.1, -0.05) is 0 Å². The van der Waals surface area contributed by atoms with Crippen molar-refractivity contribution in [1.82, 2.24) is 0 Å². The summed E-state index contributed by atoms with van der Waals surface area (Å²) in [5, 5.41) is 0. The maximum atomic E-state index is 6.64. The maximum absolute atomic E-state index is 6.64. The second-order valence-corrected chi connectivity index (χ2v) is 4.46. The highest BCUT2D eigenvalue weighted by Crippen LogP contribution is 2.26. The van der Waals surface area contributed by atoms with Crippen LogP contribution in [0.3, 0.4) is 0 Å². The molecule has 0 aliphatic rings. The van der Waals surface area contributed by atoms with Gasteiger partial charge in [-0.3, -0.25) is 0 Å². The van der Waals surface area contributed by atoms with Gasteiger partial charge in [-0.15, -0.1) is 11.3 Å². The quantitative estimate of drug-likeness (QED) is 0.686. The fraction of sp³-hybridized carbons (Fsp3) is 0.375. The molecular formula is C8H8BrNS. The largest absolute Gasteiger partial charge is 0.317 e. The van der Waals surface area contributed by atoms with E-state index in [4.69, 9.17) is 6.57 Å². The van der Waals surface area contributed by atoms with Gasteiger partial charge in [0.05, 0.1) is 6.42 Å². The van der Waals surface area contributed by atoms with Crippen molar-refractivity contribution in [2.24, 2.45) is 0 Å². The second-order valence-electron chi connectivity index (χ2n) is 2.26. The molecule has 58 valence electrons. The average molecular weight is 230 g/mol. The molecule has 0 spiro atoms. The Morgan fingerprint density at radius 1 is 1.73 bits per heavy atom. The lowest BCUT2D eigenvalue weighted by Crippen LogP contribution is -1.82. The third-order valence-corrected chi connectivity index (χ3v) is 3.41. The van der Waals surface area contributed by atoms with Crippen molar-refractivity contribution < 1.29 is 0 Å². The molecule has 0 fully saturated rings. The normalized spacial score (nSPS) is 9.55. The second kappa shape index (κ2) is 3.89. The van der Waals surface area contributed by atoms with Gasteiger partial charge in [0.15, 0.2) is 0 Å². The lowest BCUT2D eigenvalue weighted by Gasteiger charge is -1.88. The van der Waals surface area contributed by atoms with Gasteiger partial charge in [0.1, 0.15) is 0 Å². The number of hydrogen-bond acceptors (Lipinski definition) is 1. The molecule has 0 amide bonds. The fourth-order valence-electron chi connectivity index (χ4n) is 0.859. The van der Waals surface area contributed by atoms with Gasteiger partial charge in [-0.25, -0.2) is 6.57 Å². The Bertz CT molecular complexity index is 285. The summed E-state index contributed by atoms with van der Waals surface area (Å²) < 4.78 is 1.16. The van der Waals surface area contributed by atoms with E-state index in [1.165, 1.54) is 9.75 Å². The van der Waals surface area contributed by atoms with Crippen LogP contribution in [0.4, 0.5) is 0 Å². The molecule has 1 aromatic heterocycles. The van der Waals surface area contributed by atoms with Gasteiger partial charge in [-0.2, -0.15) is 0 Å². The van der Waals surface area contributed by atoms with Crippen LogP contribution in [-0.4, -0.2) is 6.54 Å². The van der Waals surface area contributed by atoms with E-state index >= 15 is 0 Å². The Hall–Kier alpha value is -0.330. The van der Waals surface area contributed by atoms with Crippen molar-refractivity contribution in [2.75, 3.05) is 6.54 Å². The summed E-state index contributed by atoms with van der Waals surface area (Å²) in [4.78, 5) is 5.91. The molecule has 0 radical (unpaired) electrons. The van der Waals surface area contributed by atoms with Crippen molar-refractivity contribution in [3.63, 3.8) is 0 Å². The smallest absolute Gasteiger partial charge is 0.219 e. The van der Waals surface area contributed by atoms with E-state index in [9.17, 15) is 0 Å². The molecule has 0 aromatic carbocycles. The molecule has 0 aliphatic carbocycles. The fourth-order valence-corrected chi connectivity index (χ4v) is 2.71. The van der Waals surface area contributed by atoms with Crippen LogP contribution in [0, 0.1) is 13.5 Å². The van der Waals surface area contributed by atoms with E-state index < -0.39 is 0 Å². The van der Waals surface area contributed by atoms with Crippen LogP contribution in [-0.2, 0) is 6.42 Å². The van der Waals surface area contributed by atoms with Crippen LogP contribution < -0.4 is 0 Å². The van der Waals surface area contributed by atoms with Crippen LogP contribution in [0.1, 0.15) is 9.75 Å². The third kappa shape index (κ3) is 2.32. The monoisotopic (exact) mass is 229 g/mol. The summed E-state index contributed by atoms with van der Waals surface area (Å²) in [6.07, 6.45) is 0.878. The highest BCUT2D eigenvalue weighted by atomic mass is 79.9. The third-order valence-electron chi connectivity index (χ3n) is 1.33. The lowest BCUT2D eigenvalue weighted by molar-refractivity contribution is 1.10. The molecule has 1 heterocycles. The molecule has 0 N–H and O–H groups in total. The standard InChI is InChI=1S/C8H8BrNS/c1-6-5-7(9)8(11-6)3-4-10-2/h5H,3-4H2,1H3. The first-order chi connectivity index (χ1) is 5.24. The summed E-state index contributed by atoms with van der Waals surface area (Å²) in [6, 6.07) is 2.10. The van der Waals surface area contributed by atoms with Gasteiger partial charge in [0.2, 0.25) is 6.54 Å². The summed E-state index contributed by atoms with van der Waals surface area (Å²) in [7, 11) is 0. The summed E-state index contributed by atoms with van der Waals surface area (Å²) in [5.41, 5.74) is 0. The van der Waals surface area contributed by atoms with Gasteiger partial charge in [0.25, 0.3) is 0 Å². The number of aryl methyl sites for hydroxylation is 1. The predicted molar refractivity (Wildman–Crippen MR) is 51.9 cm³/mol. The van der Waals surface area contributed by atoms with Gasteiger partial charge in [-0.05, 0) is 28.9 Å². The van der Waals surface area contributed by atoms with E-state index in [1.54, 1.807) is 11.3 Å². The zero-order valence-corrected chi connectivity index (χ0v) is 8.63. The number of hydrogen-bond donors (Lipinski definition) is 0. The number of nitrogens with zero attached hydrogens (tertiary/aromatic N) is 1. The van der Waals surface area contributed by atoms with Crippen molar-refractivity contribution in [3.8, 4) is 0 Å². The number of thiophene rings is 1. The maximum Gasteiger partial charge on any atom is 0.219 e. The molecule has 0 bridgehead atoms. The Morgan fingerprint density at radius 2 is 2.45 bits per heavy atom. The van der Waals surface area contributed by atoms with E-state index in [0.717, 1.165) is 10.9 Å². The molecule has 0 atom stereocenters. The zero-order chi connectivity index (χ0) is 8.27. The Kier molecular flexibility index (Phi) is 3.10. The molecule has 11 heavy (non-hydrogen) atoms. The van der Waals surface area contributed by atoms with Crippen LogP contribution in [0.25, 0.3) is 4.85 Å². The lowest BCUT2D eigenvalue weighted by atomic mass is 10.3. The van der Waals surface area contributed by atoms with Crippen molar-refractivity contribution in [2.45, 2.75) is 13.3 Å². The van der Waals surface area contributed by atoms with E-state index in [0.29, 0.717) is 6.54 Å². The molecule has 0 unspecified atom stereocenters. The summed E-state index contributed by atoms with van der Waals surface area (Å²) >= 11 is 5.22.